The molecule has 4 fully saturated rings. The number of hydrogen-bond acceptors (Lipinski definition) is 6. The second kappa shape index (κ2) is 6.15. The van der Waals surface area contributed by atoms with Crippen molar-refractivity contribution in [2.45, 2.75) is 76.3 Å². The van der Waals surface area contributed by atoms with Crippen LogP contribution in [0.15, 0.2) is 23.8 Å². The zero-order chi connectivity index (χ0) is 22.6. The molecule has 1 aliphatic heterocycles. The van der Waals surface area contributed by atoms with Crippen LogP contribution in [-0.2, 0) is 19.1 Å². The first-order valence-corrected chi connectivity index (χ1v) is 11.2. The van der Waals surface area contributed by atoms with Crippen LogP contribution in [-0.4, -0.2) is 56.3 Å². The Morgan fingerprint density at radius 1 is 1.29 bits per heavy atom. The van der Waals surface area contributed by atoms with Gasteiger partial charge in [0.1, 0.15) is 17.3 Å². The number of rotatable bonds is 4. The van der Waals surface area contributed by atoms with Gasteiger partial charge in [0.2, 0.25) is 0 Å². The molecule has 0 bridgehead atoms. The van der Waals surface area contributed by atoms with Crippen LogP contribution in [0.3, 0.4) is 0 Å². The number of allylic oxidation sites excluding steroid dienone is 2. The monoisotopic (exact) mass is 430 g/mol. The number of epoxide rings is 1. The number of aliphatic hydroxyl groups is 2. The van der Waals surface area contributed by atoms with E-state index in [0.29, 0.717) is 12.8 Å². The molecule has 1 unspecified atom stereocenters. The van der Waals surface area contributed by atoms with E-state index in [0.717, 1.165) is 18.4 Å². The van der Waals surface area contributed by atoms with Gasteiger partial charge in [-0.15, -0.1) is 0 Å². The maximum absolute atomic E-state index is 13.2. The molecule has 5 rings (SSSR count). The number of fused-ring (bicyclic) bond motifs is 3. The van der Waals surface area contributed by atoms with E-state index in [4.69, 9.17) is 9.84 Å². The Labute approximate surface area is 181 Å². The van der Waals surface area contributed by atoms with Gasteiger partial charge in [-0.25, -0.2) is 0 Å². The Bertz CT molecular complexity index is 952. The third-order valence-electron chi connectivity index (χ3n) is 9.56. The molecule has 5 aliphatic rings. The first-order chi connectivity index (χ1) is 14.4. The summed E-state index contributed by atoms with van der Waals surface area (Å²) in [4.78, 5) is 36.3. The van der Waals surface area contributed by atoms with E-state index in [9.17, 15) is 24.6 Å². The molecule has 168 valence electrons. The number of ether oxygens (including phenoxy) is 1. The fraction of sp³-hybridized carbons (Fsp3) is 0.708. The van der Waals surface area contributed by atoms with E-state index in [-0.39, 0.29) is 29.1 Å². The van der Waals surface area contributed by atoms with Gasteiger partial charge in [-0.3, -0.25) is 14.4 Å². The summed E-state index contributed by atoms with van der Waals surface area (Å²) in [6, 6.07) is 0. The number of aliphatic hydroxyl groups excluding tert-OH is 1. The van der Waals surface area contributed by atoms with Gasteiger partial charge in [-0.05, 0) is 62.5 Å². The summed E-state index contributed by atoms with van der Waals surface area (Å²) in [7, 11) is 0. The Kier molecular flexibility index (Phi) is 4.17. The Morgan fingerprint density at radius 3 is 2.68 bits per heavy atom. The minimum atomic E-state index is -1.81. The first-order valence-electron chi connectivity index (χ1n) is 11.2. The minimum Gasteiger partial charge on any atom is -0.481 e. The molecule has 7 heteroatoms. The van der Waals surface area contributed by atoms with Gasteiger partial charge in [-0.2, -0.15) is 0 Å². The maximum atomic E-state index is 13.2. The van der Waals surface area contributed by atoms with E-state index < -0.39 is 46.8 Å². The fourth-order valence-electron chi connectivity index (χ4n) is 8.02. The summed E-state index contributed by atoms with van der Waals surface area (Å²) in [6.45, 7) is 5.86. The van der Waals surface area contributed by atoms with E-state index in [1.54, 1.807) is 12.2 Å². The second-order valence-electron chi connectivity index (χ2n) is 10.8. The summed E-state index contributed by atoms with van der Waals surface area (Å²) in [6.07, 6.45) is 5.37. The number of carboxylic acids is 1. The molecular formula is C24H30O7. The predicted molar refractivity (Wildman–Crippen MR) is 109 cm³/mol. The van der Waals surface area contributed by atoms with Crippen molar-refractivity contribution in [3.05, 3.63) is 23.8 Å². The van der Waals surface area contributed by atoms with Crippen molar-refractivity contribution in [3.8, 4) is 0 Å². The van der Waals surface area contributed by atoms with Gasteiger partial charge in [0.05, 0.1) is 12.5 Å². The minimum absolute atomic E-state index is 0.00190. The second-order valence-corrected chi connectivity index (χ2v) is 10.8. The lowest BCUT2D eigenvalue weighted by molar-refractivity contribution is -0.173. The molecule has 1 saturated heterocycles. The molecule has 3 saturated carbocycles. The largest absolute Gasteiger partial charge is 0.481 e. The van der Waals surface area contributed by atoms with Gasteiger partial charge in [0.15, 0.2) is 11.6 Å². The summed E-state index contributed by atoms with van der Waals surface area (Å²) < 4.78 is 6.43. The van der Waals surface area contributed by atoms with Crippen molar-refractivity contribution >= 4 is 17.5 Å². The van der Waals surface area contributed by atoms with Crippen LogP contribution in [0, 0.1) is 28.6 Å². The van der Waals surface area contributed by atoms with E-state index >= 15 is 0 Å². The van der Waals surface area contributed by atoms with Crippen molar-refractivity contribution in [2.75, 3.05) is 0 Å². The zero-order valence-electron chi connectivity index (χ0n) is 18.1. The topological polar surface area (TPSA) is 124 Å². The molecule has 31 heavy (non-hydrogen) atoms. The van der Waals surface area contributed by atoms with Crippen LogP contribution in [0.25, 0.3) is 0 Å². The van der Waals surface area contributed by atoms with E-state index in [1.807, 2.05) is 19.9 Å². The average Bonchev–Trinajstić information content (AvgIpc) is 3.37. The van der Waals surface area contributed by atoms with Crippen LogP contribution in [0.5, 0.6) is 0 Å². The van der Waals surface area contributed by atoms with Crippen molar-refractivity contribution in [1.82, 2.24) is 0 Å². The number of carbonyl (C=O) groups excluding carboxylic acids is 2. The highest BCUT2D eigenvalue weighted by molar-refractivity contribution is 6.01. The SMILES string of the molecule is C[C@H]1C[C@H]2[C@@H]3CCC4=CC(=O)C=C[C@]4(C)[C@@]34O[C@H]4C[C@]2(C)[C@@]1(O)C(=O)C(O)CC(=O)O. The molecule has 0 aromatic rings. The zero-order valence-corrected chi connectivity index (χ0v) is 18.1. The summed E-state index contributed by atoms with van der Waals surface area (Å²) in [5, 5.41) is 31.1. The molecule has 9 atom stereocenters. The molecule has 4 aliphatic carbocycles. The van der Waals surface area contributed by atoms with Crippen molar-refractivity contribution in [1.29, 1.82) is 0 Å². The normalized spacial score (nSPS) is 50.5. The van der Waals surface area contributed by atoms with Crippen LogP contribution < -0.4 is 0 Å². The van der Waals surface area contributed by atoms with Gasteiger partial charge in [0.25, 0.3) is 0 Å². The van der Waals surface area contributed by atoms with Crippen molar-refractivity contribution in [2.24, 2.45) is 28.6 Å². The molecule has 7 nitrogen and oxygen atoms in total. The Balaban J connectivity index is 1.53. The number of carboxylic acid groups (broad SMARTS) is 1. The quantitative estimate of drug-likeness (QED) is 0.581. The third kappa shape index (κ3) is 2.32. The summed E-state index contributed by atoms with van der Waals surface area (Å²) in [5.41, 5.74) is -2.35. The molecule has 3 N–H and O–H groups in total. The molecule has 0 aromatic carbocycles. The van der Waals surface area contributed by atoms with Gasteiger partial charge in [-0.1, -0.05) is 25.5 Å². The summed E-state index contributed by atoms with van der Waals surface area (Å²) >= 11 is 0. The number of aliphatic carboxylic acids is 1. The number of hydrogen-bond donors (Lipinski definition) is 3. The number of carbonyl (C=O) groups is 3. The number of Topliss-reactive ketones (excluding diaryl/α,β-unsaturated/α-hetero) is 1. The van der Waals surface area contributed by atoms with E-state index in [2.05, 4.69) is 6.92 Å². The molecule has 1 spiro atoms. The summed E-state index contributed by atoms with van der Waals surface area (Å²) in [5.74, 6) is -2.36. The molecule has 0 aromatic heterocycles. The molecular weight excluding hydrogens is 400 g/mol. The lowest BCUT2D eigenvalue weighted by atomic mass is 9.46. The van der Waals surface area contributed by atoms with Crippen LogP contribution in [0.1, 0.15) is 52.9 Å². The maximum Gasteiger partial charge on any atom is 0.306 e. The highest BCUT2D eigenvalue weighted by Crippen LogP contribution is 2.76. The first kappa shape index (κ1) is 21.0. The highest BCUT2D eigenvalue weighted by Gasteiger charge is 2.82. The van der Waals surface area contributed by atoms with E-state index in [1.165, 1.54) is 0 Å². The molecule has 0 radical (unpaired) electrons. The van der Waals surface area contributed by atoms with Crippen molar-refractivity contribution in [3.63, 3.8) is 0 Å². The van der Waals surface area contributed by atoms with Crippen LogP contribution in [0.4, 0.5) is 0 Å². The van der Waals surface area contributed by atoms with Crippen LogP contribution >= 0.6 is 0 Å². The molecule has 1 heterocycles. The fourth-order valence-corrected chi connectivity index (χ4v) is 8.02. The Morgan fingerprint density at radius 2 is 2.00 bits per heavy atom. The smallest absolute Gasteiger partial charge is 0.306 e. The predicted octanol–water partition coefficient (Wildman–Crippen LogP) is 1.81. The lowest BCUT2D eigenvalue weighted by Crippen LogP contribution is -2.63. The average molecular weight is 430 g/mol. The van der Waals surface area contributed by atoms with Gasteiger partial charge < -0.3 is 20.1 Å². The van der Waals surface area contributed by atoms with Crippen molar-refractivity contribution < 1.29 is 34.4 Å². The third-order valence-corrected chi connectivity index (χ3v) is 9.56. The number of ketones is 2. The Hall–Kier alpha value is -1.83. The highest BCUT2D eigenvalue weighted by atomic mass is 16.6. The lowest BCUT2D eigenvalue weighted by Gasteiger charge is -2.55. The van der Waals surface area contributed by atoms with Crippen LogP contribution in [0.2, 0.25) is 0 Å². The van der Waals surface area contributed by atoms with Gasteiger partial charge in [0, 0.05) is 10.8 Å². The molecule has 0 amide bonds. The van der Waals surface area contributed by atoms with Gasteiger partial charge >= 0.3 is 5.97 Å². The standard InChI is InChI=1S/C24H30O7/c1-12-8-16-15-5-4-13-9-14(25)6-7-21(13,2)24(15)18(31-24)11-22(16,3)23(12,30)20(29)17(26)10-19(27)28/h6-7,9,12,15-18,26,30H,4-5,8,10-11H2,1-3H3,(H,27,28)/t12-,15-,16-,17?,18-,21-,22-,23-,24+/m0/s1.